The summed E-state index contributed by atoms with van der Waals surface area (Å²) in [4.78, 5) is 18.6. The predicted molar refractivity (Wildman–Crippen MR) is 115 cm³/mol. The van der Waals surface area contributed by atoms with Gasteiger partial charge in [0.05, 0.1) is 29.6 Å². The molecule has 0 unspecified atom stereocenters. The molecule has 0 N–H and O–H groups in total. The fourth-order valence-corrected chi connectivity index (χ4v) is 3.54. The Balaban J connectivity index is 1.69. The molecule has 2 aliphatic heterocycles. The van der Waals surface area contributed by atoms with E-state index in [0.29, 0.717) is 28.0 Å². The molecule has 0 atom stereocenters. The van der Waals surface area contributed by atoms with Gasteiger partial charge in [-0.05, 0) is 54.6 Å². The number of carbonyl (C=O) groups excluding carboxylic acids is 1. The summed E-state index contributed by atoms with van der Waals surface area (Å²) >= 11 is 0. The molecule has 0 saturated carbocycles. The van der Waals surface area contributed by atoms with Crippen molar-refractivity contribution in [2.24, 2.45) is 0 Å². The number of hydrogen-bond acceptors (Lipinski definition) is 6. The molecule has 0 fully saturated rings. The molecule has 0 amide bonds. The van der Waals surface area contributed by atoms with Crippen LogP contribution < -0.4 is 14.4 Å². The summed E-state index contributed by atoms with van der Waals surface area (Å²) in [6.07, 6.45) is 7.46. The monoisotopic (exact) mass is 434 g/mol. The second-order valence-corrected chi connectivity index (χ2v) is 7.06. The van der Waals surface area contributed by atoms with Crippen LogP contribution in [0.5, 0.6) is 11.5 Å². The SMILES string of the molecule is COC(=O)c1ccc2nc(-c3ccc4c(c3)OC(F)(F)O4)c(N3C=CC=CC=C3)cc2c1. The standard InChI is InChI=1S/C24H16F2N2O4/c1-30-23(29)16-6-8-18-17(12-16)13-19(28-10-4-2-3-5-11-28)22(27-18)15-7-9-20-21(14-15)32-24(25,26)31-20/h2-14H,1H3. The van der Waals surface area contributed by atoms with Crippen LogP contribution in [0.15, 0.2) is 79.2 Å². The number of halogens is 2. The van der Waals surface area contributed by atoms with Crippen molar-refractivity contribution < 1.29 is 27.8 Å². The maximum absolute atomic E-state index is 13.5. The number of rotatable bonds is 3. The Kier molecular flexibility index (Phi) is 4.62. The number of allylic oxidation sites excluding steroid dienone is 4. The van der Waals surface area contributed by atoms with Crippen LogP contribution in [0.4, 0.5) is 14.5 Å². The van der Waals surface area contributed by atoms with Crippen molar-refractivity contribution in [3.63, 3.8) is 0 Å². The minimum atomic E-state index is -3.70. The van der Waals surface area contributed by atoms with E-state index in [-0.39, 0.29) is 11.5 Å². The molecular formula is C24H16F2N2O4. The van der Waals surface area contributed by atoms with Crippen LogP contribution in [0.3, 0.4) is 0 Å². The molecule has 32 heavy (non-hydrogen) atoms. The minimum Gasteiger partial charge on any atom is -0.465 e. The quantitative estimate of drug-likeness (QED) is 0.514. The average molecular weight is 434 g/mol. The van der Waals surface area contributed by atoms with E-state index in [9.17, 15) is 13.6 Å². The Bertz CT molecular complexity index is 1320. The average Bonchev–Trinajstić information content (AvgIpc) is 2.94. The van der Waals surface area contributed by atoms with Gasteiger partial charge < -0.3 is 19.1 Å². The molecule has 2 aliphatic rings. The third kappa shape index (κ3) is 3.56. The maximum Gasteiger partial charge on any atom is 0.586 e. The van der Waals surface area contributed by atoms with Crippen LogP contribution in [-0.2, 0) is 4.74 Å². The van der Waals surface area contributed by atoms with E-state index in [2.05, 4.69) is 9.47 Å². The van der Waals surface area contributed by atoms with Crippen LogP contribution >= 0.6 is 0 Å². The number of anilines is 1. The van der Waals surface area contributed by atoms with Gasteiger partial charge in [0.25, 0.3) is 0 Å². The van der Waals surface area contributed by atoms with Crippen molar-refractivity contribution in [3.05, 3.63) is 84.7 Å². The Labute approximate surface area is 181 Å². The second kappa shape index (κ2) is 7.49. The van der Waals surface area contributed by atoms with Crippen LogP contribution in [0.25, 0.3) is 22.2 Å². The molecule has 8 heteroatoms. The Morgan fingerprint density at radius 1 is 0.969 bits per heavy atom. The summed E-state index contributed by atoms with van der Waals surface area (Å²) in [6, 6.07) is 11.5. The highest BCUT2D eigenvalue weighted by Gasteiger charge is 2.43. The van der Waals surface area contributed by atoms with Gasteiger partial charge in [-0.25, -0.2) is 9.78 Å². The minimum absolute atomic E-state index is 0.0393. The van der Waals surface area contributed by atoms with Gasteiger partial charge in [-0.1, -0.05) is 12.2 Å². The lowest BCUT2D eigenvalue weighted by atomic mass is 10.0. The molecular weight excluding hydrogens is 418 g/mol. The molecule has 160 valence electrons. The molecule has 2 aromatic carbocycles. The Hall–Kier alpha value is -4.20. The lowest BCUT2D eigenvalue weighted by molar-refractivity contribution is -0.286. The maximum atomic E-state index is 13.5. The number of pyridine rings is 1. The Morgan fingerprint density at radius 3 is 2.47 bits per heavy atom. The number of carbonyl (C=O) groups is 1. The number of aromatic nitrogens is 1. The zero-order valence-corrected chi connectivity index (χ0v) is 16.8. The first-order chi connectivity index (χ1) is 15.4. The van der Waals surface area contributed by atoms with E-state index in [4.69, 9.17) is 9.72 Å². The molecule has 3 heterocycles. The largest absolute Gasteiger partial charge is 0.586 e. The lowest BCUT2D eigenvalue weighted by Crippen LogP contribution is -2.25. The van der Waals surface area contributed by atoms with Gasteiger partial charge in [0.15, 0.2) is 11.5 Å². The number of alkyl halides is 2. The fourth-order valence-electron chi connectivity index (χ4n) is 3.54. The summed E-state index contributed by atoms with van der Waals surface area (Å²) in [7, 11) is 1.32. The molecule has 0 bridgehead atoms. The van der Waals surface area contributed by atoms with Gasteiger partial charge in [-0.15, -0.1) is 8.78 Å². The first-order valence-electron chi connectivity index (χ1n) is 9.67. The first kappa shape index (κ1) is 19.7. The number of ether oxygens (including phenoxy) is 3. The third-order valence-corrected chi connectivity index (χ3v) is 5.00. The number of hydrogen-bond donors (Lipinski definition) is 0. The van der Waals surface area contributed by atoms with Crippen molar-refractivity contribution in [2.45, 2.75) is 6.29 Å². The topological polar surface area (TPSA) is 60.9 Å². The highest BCUT2D eigenvalue weighted by atomic mass is 19.3. The van der Waals surface area contributed by atoms with Gasteiger partial charge in [-0.2, -0.15) is 0 Å². The fraction of sp³-hybridized carbons (Fsp3) is 0.0833. The van der Waals surface area contributed by atoms with Gasteiger partial charge >= 0.3 is 12.3 Å². The van der Waals surface area contributed by atoms with Crippen molar-refractivity contribution in [3.8, 4) is 22.8 Å². The molecule has 0 spiro atoms. The van der Waals surface area contributed by atoms with E-state index >= 15 is 0 Å². The molecule has 3 aromatic rings. The first-order valence-corrected chi connectivity index (χ1v) is 9.67. The van der Waals surface area contributed by atoms with Crippen LogP contribution in [-0.4, -0.2) is 24.4 Å². The number of benzene rings is 2. The van der Waals surface area contributed by atoms with Crippen molar-refractivity contribution >= 4 is 22.6 Å². The number of esters is 1. The van der Waals surface area contributed by atoms with Gasteiger partial charge in [0.1, 0.15) is 0 Å². The zero-order chi connectivity index (χ0) is 22.3. The van der Waals surface area contributed by atoms with Crippen LogP contribution in [0.2, 0.25) is 0 Å². The predicted octanol–water partition coefficient (Wildman–Crippen LogP) is 5.41. The Morgan fingerprint density at radius 2 is 1.72 bits per heavy atom. The van der Waals surface area contributed by atoms with E-state index < -0.39 is 12.3 Å². The number of fused-ring (bicyclic) bond motifs is 2. The van der Waals surface area contributed by atoms with Crippen molar-refractivity contribution in [1.29, 1.82) is 0 Å². The van der Waals surface area contributed by atoms with Gasteiger partial charge in [0, 0.05) is 23.3 Å². The van der Waals surface area contributed by atoms with Gasteiger partial charge in [-0.3, -0.25) is 0 Å². The molecule has 0 aliphatic carbocycles. The lowest BCUT2D eigenvalue weighted by Gasteiger charge is -2.20. The van der Waals surface area contributed by atoms with E-state index in [1.54, 1.807) is 24.3 Å². The summed E-state index contributed by atoms with van der Waals surface area (Å²) < 4.78 is 40.9. The number of methoxy groups -OCH3 is 1. The molecule has 5 rings (SSSR count). The van der Waals surface area contributed by atoms with E-state index in [1.165, 1.54) is 19.2 Å². The normalized spacial score (nSPS) is 15.8. The smallest absolute Gasteiger partial charge is 0.465 e. The van der Waals surface area contributed by atoms with Crippen LogP contribution in [0, 0.1) is 0 Å². The van der Waals surface area contributed by atoms with Gasteiger partial charge in [0.2, 0.25) is 0 Å². The highest BCUT2D eigenvalue weighted by molar-refractivity contribution is 5.97. The van der Waals surface area contributed by atoms with Crippen LogP contribution in [0.1, 0.15) is 10.4 Å². The third-order valence-electron chi connectivity index (χ3n) is 5.00. The molecule has 0 saturated heterocycles. The molecule has 1 aromatic heterocycles. The number of nitrogens with zero attached hydrogens (tertiary/aromatic N) is 2. The van der Waals surface area contributed by atoms with Crippen molar-refractivity contribution in [1.82, 2.24) is 4.98 Å². The van der Waals surface area contributed by atoms with Crippen molar-refractivity contribution in [2.75, 3.05) is 12.0 Å². The molecule has 6 nitrogen and oxygen atoms in total. The molecule has 0 radical (unpaired) electrons. The highest BCUT2D eigenvalue weighted by Crippen LogP contribution is 2.44. The van der Waals surface area contributed by atoms with E-state index in [1.807, 2.05) is 47.7 Å². The second-order valence-electron chi connectivity index (χ2n) is 7.06. The summed E-state index contributed by atoms with van der Waals surface area (Å²) in [5.74, 6) is -0.555. The summed E-state index contributed by atoms with van der Waals surface area (Å²) in [5.41, 5.74) is 2.82. The summed E-state index contributed by atoms with van der Waals surface area (Å²) in [6.45, 7) is 0. The summed E-state index contributed by atoms with van der Waals surface area (Å²) in [5, 5.41) is 0.720. The zero-order valence-electron chi connectivity index (χ0n) is 16.8. The van der Waals surface area contributed by atoms with E-state index in [0.717, 1.165) is 5.39 Å².